The summed E-state index contributed by atoms with van der Waals surface area (Å²) in [4.78, 5) is 28.6. The van der Waals surface area contributed by atoms with Crippen LogP contribution in [0.5, 0.6) is 11.5 Å². The molecule has 2 amide bonds. The zero-order valence-corrected chi connectivity index (χ0v) is 24.8. The Hall–Kier alpha value is -4.12. The van der Waals surface area contributed by atoms with Crippen molar-refractivity contribution in [1.82, 2.24) is 10.2 Å². The average Bonchev–Trinajstić information content (AvgIpc) is 3.52. The maximum Gasteiger partial charge on any atom is 0.264 e. The number of rotatable bonds is 12. The summed E-state index contributed by atoms with van der Waals surface area (Å²) < 4.78 is 53.0. The molecule has 224 valence electrons. The summed E-state index contributed by atoms with van der Waals surface area (Å²) in [5, 5.41) is 3.04. The highest BCUT2D eigenvalue weighted by molar-refractivity contribution is 7.92. The molecule has 4 rings (SSSR count). The van der Waals surface area contributed by atoms with Gasteiger partial charge in [-0.25, -0.2) is 12.8 Å². The Labute approximate surface area is 246 Å². The fourth-order valence-electron chi connectivity index (χ4n) is 4.95. The largest absolute Gasteiger partial charge is 0.497 e. The molecule has 3 aromatic rings. The van der Waals surface area contributed by atoms with Crippen LogP contribution < -0.4 is 19.1 Å². The van der Waals surface area contributed by atoms with Crippen LogP contribution in [0.25, 0.3) is 0 Å². The van der Waals surface area contributed by atoms with Crippen molar-refractivity contribution >= 4 is 27.5 Å². The summed E-state index contributed by atoms with van der Waals surface area (Å²) in [6, 6.07) is 16.9. The number of sulfonamides is 1. The molecule has 0 heterocycles. The molecule has 0 aliphatic heterocycles. The van der Waals surface area contributed by atoms with Gasteiger partial charge in [0.1, 0.15) is 29.9 Å². The van der Waals surface area contributed by atoms with E-state index in [1.807, 2.05) is 0 Å². The lowest BCUT2D eigenvalue weighted by Gasteiger charge is -2.32. The smallest absolute Gasteiger partial charge is 0.264 e. The van der Waals surface area contributed by atoms with Gasteiger partial charge in [-0.3, -0.25) is 13.9 Å². The molecule has 9 nitrogen and oxygen atoms in total. The molecule has 0 saturated heterocycles. The van der Waals surface area contributed by atoms with Gasteiger partial charge in [-0.1, -0.05) is 25.0 Å². The molecule has 1 aliphatic rings. The van der Waals surface area contributed by atoms with Crippen molar-refractivity contribution in [2.45, 2.75) is 56.1 Å². The molecule has 3 aromatic carbocycles. The number of halogens is 1. The van der Waals surface area contributed by atoms with Gasteiger partial charge in [0, 0.05) is 12.6 Å². The summed E-state index contributed by atoms with van der Waals surface area (Å²) in [5.41, 5.74) is 0.805. The van der Waals surface area contributed by atoms with E-state index < -0.39 is 34.3 Å². The second kappa shape index (κ2) is 13.7. The molecule has 11 heteroatoms. The number of hydrogen-bond donors (Lipinski definition) is 1. The van der Waals surface area contributed by atoms with E-state index in [0.29, 0.717) is 17.1 Å². The molecule has 0 bridgehead atoms. The molecule has 0 spiro atoms. The highest BCUT2D eigenvalue weighted by Gasteiger charge is 2.33. The van der Waals surface area contributed by atoms with Crippen LogP contribution in [-0.4, -0.2) is 58.0 Å². The van der Waals surface area contributed by atoms with Crippen LogP contribution in [0, 0.1) is 5.82 Å². The first-order valence-electron chi connectivity index (χ1n) is 13.8. The van der Waals surface area contributed by atoms with Gasteiger partial charge in [-0.2, -0.15) is 0 Å². The first kappa shape index (κ1) is 30.8. The minimum Gasteiger partial charge on any atom is -0.497 e. The zero-order chi connectivity index (χ0) is 30.3. The number of nitrogens with one attached hydrogen (secondary N) is 1. The molecular weight excluding hydrogens is 561 g/mol. The van der Waals surface area contributed by atoms with Crippen molar-refractivity contribution in [1.29, 1.82) is 0 Å². The third kappa shape index (κ3) is 7.39. The fourth-order valence-corrected chi connectivity index (χ4v) is 6.37. The Morgan fingerprint density at radius 1 is 0.952 bits per heavy atom. The lowest BCUT2D eigenvalue weighted by atomic mass is 10.1. The highest BCUT2D eigenvalue weighted by atomic mass is 32.2. The molecule has 0 aromatic heterocycles. The third-order valence-corrected chi connectivity index (χ3v) is 9.18. The summed E-state index contributed by atoms with van der Waals surface area (Å²) >= 11 is 0. The Morgan fingerprint density at radius 3 is 2.21 bits per heavy atom. The second-order valence-corrected chi connectivity index (χ2v) is 12.1. The third-order valence-electron chi connectivity index (χ3n) is 7.40. The van der Waals surface area contributed by atoms with Crippen LogP contribution in [0.15, 0.2) is 77.7 Å². The first-order valence-corrected chi connectivity index (χ1v) is 15.2. The topological polar surface area (TPSA) is 105 Å². The number of hydrogen-bond acceptors (Lipinski definition) is 6. The number of carbonyl (C=O) groups excluding carboxylic acids is 2. The molecule has 1 N–H and O–H groups in total. The fraction of sp³-hybridized carbons (Fsp3) is 0.355. The van der Waals surface area contributed by atoms with Crippen LogP contribution in [0.3, 0.4) is 0 Å². The molecule has 1 fully saturated rings. The molecule has 1 saturated carbocycles. The Morgan fingerprint density at radius 2 is 1.60 bits per heavy atom. The van der Waals surface area contributed by atoms with E-state index >= 15 is 0 Å². The van der Waals surface area contributed by atoms with Gasteiger partial charge in [-0.05, 0) is 86.0 Å². The van der Waals surface area contributed by atoms with E-state index in [1.54, 1.807) is 31.2 Å². The van der Waals surface area contributed by atoms with Crippen LogP contribution in [0.4, 0.5) is 10.1 Å². The van der Waals surface area contributed by atoms with Crippen molar-refractivity contribution in [2.24, 2.45) is 0 Å². The molecule has 0 unspecified atom stereocenters. The number of methoxy groups -OCH3 is 2. The Bertz CT molecular complexity index is 1480. The van der Waals surface area contributed by atoms with Crippen LogP contribution in [-0.2, 0) is 26.2 Å². The van der Waals surface area contributed by atoms with E-state index in [2.05, 4.69) is 5.32 Å². The number of amides is 2. The lowest BCUT2D eigenvalue weighted by Crippen LogP contribution is -2.52. The molecule has 1 atom stereocenters. The number of nitrogens with zero attached hydrogens (tertiary/aromatic N) is 2. The number of carbonyl (C=O) groups is 2. The minimum absolute atomic E-state index is 0.0368. The van der Waals surface area contributed by atoms with Gasteiger partial charge < -0.3 is 19.7 Å². The first-order chi connectivity index (χ1) is 20.1. The monoisotopic (exact) mass is 597 g/mol. The van der Waals surface area contributed by atoms with Gasteiger partial charge in [0.2, 0.25) is 11.8 Å². The summed E-state index contributed by atoms with van der Waals surface area (Å²) in [6.07, 6.45) is 3.81. The van der Waals surface area contributed by atoms with Gasteiger partial charge in [0.25, 0.3) is 10.0 Å². The van der Waals surface area contributed by atoms with Crippen molar-refractivity contribution < 1.29 is 31.9 Å². The molecule has 42 heavy (non-hydrogen) atoms. The van der Waals surface area contributed by atoms with E-state index in [1.165, 1.54) is 55.5 Å². The van der Waals surface area contributed by atoms with Crippen molar-refractivity contribution in [3.63, 3.8) is 0 Å². The maximum absolute atomic E-state index is 14.0. The normalized spacial score (nSPS) is 14.2. The van der Waals surface area contributed by atoms with Crippen LogP contribution >= 0.6 is 0 Å². The van der Waals surface area contributed by atoms with E-state index in [0.717, 1.165) is 42.1 Å². The highest BCUT2D eigenvalue weighted by Crippen LogP contribution is 2.27. The van der Waals surface area contributed by atoms with E-state index in [-0.39, 0.29) is 29.1 Å². The van der Waals surface area contributed by atoms with Gasteiger partial charge in [0.05, 0.1) is 24.8 Å². The Kier molecular flexibility index (Phi) is 10.1. The van der Waals surface area contributed by atoms with E-state index in [4.69, 9.17) is 9.47 Å². The number of ether oxygens (including phenoxy) is 2. The second-order valence-electron chi connectivity index (χ2n) is 10.2. The summed E-state index contributed by atoms with van der Waals surface area (Å²) in [7, 11) is -1.28. The predicted molar refractivity (Wildman–Crippen MR) is 157 cm³/mol. The van der Waals surface area contributed by atoms with Gasteiger partial charge in [0.15, 0.2) is 0 Å². The van der Waals surface area contributed by atoms with E-state index in [9.17, 15) is 22.4 Å². The summed E-state index contributed by atoms with van der Waals surface area (Å²) in [5.74, 6) is -0.426. The van der Waals surface area contributed by atoms with Crippen molar-refractivity contribution in [2.75, 3.05) is 25.1 Å². The molecule has 1 aliphatic carbocycles. The zero-order valence-electron chi connectivity index (χ0n) is 24.0. The lowest BCUT2D eigenvalue weighted by molar-refractivity contribution is -0.139. The number of anilines is 1. The maximum atomic E-state index is 14.0. The number of benzene rings is 3. The molecule has 0 radical (unpaired) electrons. The molecular formula is C31H36FN3O6S. The quantitative estimate of drug-likeness (QED) is 0.329. The van der Waals surface area contributed by atoms with Crippen molar-refractivity contribution in [3.8, 4) is 11.5 Å². The van der Waals surface area contributed by atoms with Crippen LogP contribution in [0.1, 0.15) is 38.2 Å². The summed E-state index contributed by atoms with van der Waals surface area (Å²) in [6.45, 7) is 1.04. The van der Waals surface area contributed by atoms with Crippen LogP contribution in [0.2, 0.25) is 0 Å². The minimum atomic E-state index is -4.28. The van der Waals surface area contributed by atoms with Crippen molar-refractivity contribution in [3.05, 3.63) is 84.2 Å². The standard InChI is InChI=1S/C31H36FN3O6S/c1-22(31(37)33-25-8-4-5-9-25)34(20-23-7-6-10-28(19-23)41-3)30(36)21-35(26-13-11-24(32)12-14-26)42(38,39)29-17-15-27(40-2)16-18-29/h6-7,10-19,22,25H,4-5,8-9,20-21H2,1-3H3,(H,33,37)/t22-/m1/s1. The van der Waals surface area contributed by atoms with Gasteiger partial charge in [-0.15, -0.1) is 0 Å². The van der Waals surface area contributed by atoms with Gasteiger partial charge >= 0.3 is 0 Å². The SMILES string of the molecule is COc1ccc(S(=O)(=O)N(CC(=O)N(Cc2cccc(OC)c2)[C@H](C)C(=O)NC2CCCC2)c2ccc(F)cc2)cc1. The predicted octanol–water partition coefficient (Wildman–Crippen LogP) is 4.51. The Balaban J connectivity index is 1.69. The average molecular weight is 598 g/mol.